The molecule has 3 aliphatic heterocycles. The molecule has 0 radical (unpaired) electrons. The molecule has 0 aromatic carbocycles. The van der Waals surface area contributed by atoms with Gasteiger partial charge in [0.1, 0.15) is 6.04 Å². The highest BCUT2D eigenvalue weighted by atomic mass is 35.5. The van der Waals surface area contributed by atoms with Crippen molar-refractivity contribution < 1.29 is 9.53 Å². The van der Waals surface area contributed by atoms with E-state index in [1.807, 2.05) is 28.4 Å². The maximum Gasteiger partial charge on any atom is 0.243 e. The Morgan fingerprint density at radius 3 is 2.95 bits per heavy atom. The Bertz CT molecular complexity index is 578. The highest BCUT2D eigenvalue weighted by Gasteiger charge is 2.42. The molecule has 4 heterocycles. The maximum atomic E-state index is 12.4. The minimum absolute atomic E-state index is 0. The number of likely N-dealkylation sites (tertiary alicyclic amines) is 1. The number of thiophene rings is 1. The van der Waals surface area contributed by atoms with Crippen molar-refractivity contribution in [2.45, 2.75) is 30.9 Å². The predicted molar refractivity (Wildman–Crippen MR) is 89.6 cm³/mol. The summed E-state index contributed by atoms with van der Waals surface area (Å²) >= 11 is 1.84. The van der Waals surface area contributed by atoms with Crippen LogP contribution in [0.3, 0.4) is 0 Å². The van der Waals surface area contributed by atoms with Crippen molar-refractivity contribution in [2.75, 3.05) is 26.2 Å². The topological polar surface area (TPSA) is 41.6 Å². The maximum absolute atomic E-state index is 12.4. The molecule has 1 unspecified atom stereocenters. The quantitative estimate of drug-likeness (QED) is 0.796. The van der Waals surface area contributed by atoms with Crippen LogP contribution in [0.5, 0.6) is 0 Å². The number of amides is 1. The molecule has 1 saturated heterocycles. The SMILES string of the molecule is Cl.O=C(C1C=CCN1)N1CCC2(CC1)OCCc1sccc12. The Morgan fingerprint density at radius 2 is 2.23 bits per heavy atom. The summed E-state index contributed by atoms with van der Waals surface area (Å²) in [7, 11) is 0. The van der Waals surface area contributed by atoms with Gasteiger partial charge < -0.3 is 9.64 Å². The molecule has 1 fully saturated rings. The van der Waals surface area contributed by atoms with Crippen LogP contribution >= 0.6 is 23.7 Å². The van der Waals surface area contributed by atoms with Crippen LogP contribution in [-0.4, -0.2) is 43.1 Å². The highest BCUT2D eigenvalue weighted by molar-refractivity contribution is 7.10. The smallest absolute Gasteiger partial charge is 0.243 e. The van der Waals surface area contributed by atoms with E-state index in [-0.39, 0.29) is 30.0 Å². The molecule has 1 amide bonds. The van der Waals surface area contributed by atoms with Crippen molar-refractivity contribution in [3.63, 3.8) is 0 Å². The van der Waals surface area contributed by atoms with Gasteiger partial charge in [0, 0.05) is 30.9 Å². The molecule has 1 aromatic rings. The van der Waals surface area contributed by atoms with Gasteiger partial charge in [0.2, 0.25) is 5.91 Å². The number of piperidine rings is 1. The Hall–Kier alpha value is -0.880. The molecule has 3 aliphatic rings. The second-order valence-corrected chi connectivity index (χ2v) is 6.99. The van der Waals surface area contributed by atoms with E-state index >= 15 is 0 Å². The van der Waals surface area contributed by atoms with E-state index in [1.54, 1.807) is 0 Å². The molecule has 1 spiro atoms. The lowest BCUT2D eigenvalue weighted by molar-refractivity contribution is -0.141. The number of hydrogen-bond acceptors (Lipinski definition) is 4. The van der Waals surface area contributed by atoms with Gasteiger partial charge in [-0.05, 0) is 29.9 Å². The summed E-state index contributed by atoms with van der Waals surface area (Å²) in [6, 6.07) is 2.10. The van der Waals surface area contributed by atoms with Gasteiger partial charge in [-0.2, -0.15) is 0 Å². The molecular weight excluding hydrogens is 320 g/mol. The molecule has 4 rings (SSSR count). The summed E-state index contributed by atoms with van der Waals surface area (Å²) < 4.78 is 6.18. The zero-order valence-corrected chi connectivity index (χ0v) is 14.0. The lowest BCUT2D eigenvalue weighted by Crippen LogP contribution is -2.51. The predicted octanol–water partition coefficient (Wildman–Crippen LogP) is 2.09. The zero-order chi connectivity index (χ0) is 14.3. The van der Waals surface area contributed by atoms with E-state index in [4.69, 9.17) is 4.74 Å². The van der Waals surface area contributed by atoms with E-state index in [1.165, 1.54) is 10.4 Å². The van der Waals surface area contributed by atoms with E-state index in [9.17, 15) is 4.79 Å². The van der Waals surface area contributed by atoms with Crippen molar-refractivity contribution in [2.24, 2.45) is 0 Å². The Labute approximate surface area is 140 Å². The van der Waals surface area contributed by atoms with Gasteiger partial charge >= 0.3 is 0 Å². The van der Waals surface area contributed by atoms with E-state index in [0.29, 0.717) is 0 Å². The van der Waals surface area contributed by atoms with Crippen LogP contribution in [0.25, 0.3) is 0 Å². The second kappa shape index (κ2) is 6.32. The summed E-state index contributed by atoms with van der Waals surface area (Å²) in [5, 5.41) is 5.38. The first-order valence-corrected chi connectivity index (χ1v) is 8.56. The third kappa shape index (κ3) is 2.60. The van der Waals surface area contributed by atoms with Crippen molar-refractivity contribution >= 4 is 29.7 Å². The van der Waals surface area contributed by atoms with Crippen molar-refractivity contribution in [3.05, 3.63) is 34.0 Å². The Morgan fingerprint density at radius 1 is 1.41 bits per heavy atom. The number of ether oxygens (including phenoxy) is 1. The van der Waals surface area contributed by atoms with Gasteiger partial charge in [-0.1, -0.05) is 12.2 Å². The molecular formula is C16H21ClN2O2S. The monoisotopic (exact) mass is 340 g/mol. The van der Waals surface area contributed by atoms with Crippen LogP contribution in [-0.2, 0) is 21.6 Å². The van der Waals surface area contributed by atoms with E-state index in [2.05, 4.69) is 16.8 Å². The number of nitrogens with one attached hydrogen (secondary N) is 1. The lowest BCUT2D eigenvalue weighted by atomic mass is 9.82. The van der Waals surface area contributed by atoms with Crippen LogP contribution in [0.15, 0.2) is 23.6 Å². The molecule has 1 aromatic heterocycles. The fourth-order valence-electron chi connectivity index (χ4n) is 3.69. The van der Waals surface area contributed by atoms with Gasteiger partial charge in [0.15, 0.2) is 0 Å². The highest BCUT2D eigenvalue weighted by Crippen LogP contribution is 2.43. The number of carbonyl (C=O) groups is 1. The van der Waals surface area contributed by atoms with E-state index in [0.717, 1.165) is 45.5 Å². The van der Waals surface area contributed by atoms with Gasteiger partial charge in [-0.3, -0.25) is 10.1 Å². The molecule has 1 N–H and O–H groups in total. The molecule has 0 saturated carbocycles. The van der Waals surface area contributed by atoms with Crippen LogP contribution in [0, 0.1) is 0 Å². The lowest BCUT2D eigenvalue weighted by Gasteiger charge is -2.44. The van der Waals surface area contributed by atoms with E-state index < -0.39 is 0 Å². The van der Waals surface area contributed by atoms with Gasteiger partial charge in [-0.15, -0.1) is 23.7 Å². The summed E-state index contributed by atoms with van der Waals surface area (Å²) in [4.78, 5) is 15.9. The normalized spacial score (nSPS) is 25.8. The van der Waals surface area contributed by atoms with Gasteiger partial charge in [0.25, 0.3) is 0 Å². The fourth-order valence-corrected chi connectivity index (χ4v) is 4.64. The average Bonchev–Trinajstić information content (AvgIpc) is 3.19. The van der Waals surface area contributed by atoms with Crippen LogP contribution < -0.4 is 5.32 Å². The van der Waals surface area contributed by atoms with Gasteiger partial charge in [0.05, 0.1) is 12.2 Å². The molecule has 0 bridgehead atoms. The van der Waals surface area contributed by atoms with Gasteiger partial charge in [-0.25, -0.2) is 0 Å². The summed E-state index contributed by atoms with van der Waals surface area (Å²) in [5.41, 5.74) is 1.24. The average molecular weight is 341 g/mol. The summed E-state index contributed by atoms with van der Waals surface area (Å²) in [6.07, 6.45) is 6.86. The van der Waals surface area contributed by atoms with Crippen LogP contribution in [0.1, 0.15) is 23.3 Å². The molecule has 120 valence electrons. The number of fused-ring (bicyclic) bond motifs is 2. The third-order valence-corrected chi connectivity index (χ3v) is 5.86. The second-order valence-electron chi connectivity index (χ2n) is 5.99. The minimum Gasteiger partial charge on any atom is -0.370 e. The van der Waals surface area contributed by atoms with Crippen molar-refractivity contribution in [1.29, 1.82) is 0 Å². The van der Waals surface area contributed by atoms with Crippen LogP contribution in [0.4, 0.5) is 0 Å². The largest absolute Gasteiger partial charge is 0.370 e. The Balaban J connectivity index is 0.00000144. The molecule has 4 nitrogen and oxygen atoms in total. The molecule has 6 heteroatoms. The Kier molecular flexibility index (Phi) is 4.59. The third-order valence-electron chi connectivity index (χ3n) is 4.88. The summed E-state index contributed by atoms with van der Waals surface area (Å²) in [6.45, 7) is 3.20. The fraction of sp³-hybridized carbons (Fsp3) is 0.562. The molecule has 22 heavy (non-hydrogen) atoms. The number of halogens is 1. The first-order chi connectivity index (χ1) is 10.3. The molecule has 1 atom stereocenters. The van der Waals surface area contributed by atoms with Crippen LogP contribution in [0.2, 0.25) is 0 Å². The molecule has 0 aliphatic carbocycles. The first kappa shape index (κ1) is 16.0. The van der Waals surface area contributed by atoms with Crippen molar-refractivity contribution in [1.82, 2.24) is 10.2 Å². The number of rotatable bonds is 1. The number of carbonyl (C=O) groups excluding carboxylic acids is 1. The minimum atomic E-state index is -0.136. The number of nitrogens with zero attached hydrogens (tertiary/aromatic N) is 1. The zero-order valence-electron chi connectivity index (χ0n) is 12.4. The van der Waals surface area contributed by atoms with Crippen molar-refractivity contribution in [3.8, 4) is 0 Å². The standard InChI is InChI=1S/C16H20N2O2S.ClH/c19-15(13-2-1-7-17-13)18-8-5-16(6-9-18)12-4-11-21-14(12)3-10-20-16;/h1-2,4,11,13,17H,3,5-10H2;1H. The first-order valence-electron chi connectivity index (χ1n) is 7.68. The number of hydrogen-bond donors (Lipinski definition) is 1. The summed E-state index contributed by atoms with van der Waals surface area (Å²) in [5.74, 6) is 0.208.